The van der Waals surface area contributed by atoms with Crippen molar-refractivity contribution >= 4 is 126 Å². The first-order valence-electron chi connectivity index (χ1n) is 21.5. The molecular weight excluding hydrogens is 1050 g/mol. The van der Waals surface area contributed by atoms with Gasteiger partial charge >= 0.3 is 11.5 Å². The highest BCUT2D eigenvalue weighted by Crippen LogP contribution is 2.32. The Morgan fingerprint density at radius 1 is 0.452 bits per heavy atom. The van der Waals surface area contributed by atoms with E-state index in [4.69, 9.17) is 58.0 Å². The number of nitrogens with zero attached hydrogens (tertiary/aromatic N) is 2. The summed E-state index contributed by atoms with van der Waals surface area (Å²) in [6.07, 6.45) is 0.235. The molecule has 0 radical (unpaired) electrons. The fourth-order valence-electron chi connectivity index (χ4n) is 7.54. The van der Waals surface area contributed by atoms with E-state index in [1.54, 1.807) is 103 Å². The summed E-state index contributed by atoms with van der Waals surface area (Å²) in [4.78, 5) is 85.2. The molecule has 0 saturated carbocycles. The average Bonchev–Trinajstić information content (AvgIpc) is 4.19. The fraction of sp³-hybridized carbons (Fsp3) is 0.0400. The van der Waals surface area contributed by atoms with E-state index in [9.17, 15) is 28.8 Å². The van der Waals surface area contributed by atoms with Crippen LogP contribution in [0, 0.1) is 0 Å². The third-order valence-electron chi connectivity index (χ3n) is 10.8. The standard InChI is InChI=1S/C25H16Cl3N5O4.C25H17Cl2N5O4/c26-14-5-7-18(15(11-14)23-32-25(36)37-33-23)31-24(35)20-10-13-2-1-3-19(22(13)30-20)29-21(34)9-12-4-6-16(27)17(28)8-12;26-15-5-1-3-13(9-15)10-21(33)28-19-6-2-4-14-11-20(29-22(14)19)24(34)30-18-8-7-16(27)12-17(18)23-31-25(35)36-32-23/h1-8,10-11,30H,9H2,(H,29,34)(H,31,35)(H,32,33,36);1-9,11-12,29H,10H2,(H,28,33)(H,30,34)(H,31,32,35). The molecule has 73 heavy (non-hydrogen) atoms. The van der Waals surface area contributed by atoms with Gasteiger partial charge in [0.05, 0.1) is 56.7 Å². The van der Waals surface area contributed by atoms with Gasteiger partial charge in [-0.05, 0) is 96.1 Å². The van der Waals surface area contributed by atoms with E-state index in [1.165, 1.54) is 6.07 Å². The van der Waals surface area contributed by atoms with Crippen molar-refractivity contribution in [3.8, 4) is 22.8 Å². The molecule has 4 aromatic heterocycles. The molecule has 0 fully saturated rings. The normalized spacial score (nSPS) is 11.0. The van der Waals surface area contributed by atoms with Crippen LogP contribution < -0.4 is 32.8 Å². The van der Waals surface area contributed by atoms with Crippen LogP contribution in [0.1, 0.15) is 32.1 Å². The van der Waals surface area contributed by atoms with Crippen LogP contribution >= 0.6 is 58.0 Å². The molecule has 0 unspecified atom stereocenters. The topological polar surface area (TPSA) is 266 Å². The van der Waals surface area contributed by atoms with Gasteiger partial charge < -0.3 is 31.2 Å². The zero-order valence-corrected chi connectivity index (χ0v) is 40.9. The van der Waals surface area contributed by atoms with Crippen molar-refractivity contribution in [1.82, 2.24) is 30.2 Å². The third-order valence-corrected chi connectivity index (χ3v) is 12.2. The second-order valence-electron chi connectivity index (χ2n) is 15.9. The second-order valence-corrected chi connectivity index (χ2v) is 18.0. The zero-order chi connectivity index (χ0) is 51.3. The summed E-state index contributed by atoms with van der Waals surface area (Å²) in [6, 6.07) is 35.5. The van der Waals surface area contributed by atoms with E-state index in [-0.39, 0.29) is 47.7 Å². The number of halogens is 5. The summed E-state index contributed by atoms with van der Waals surface area (Å²) < 4.78 is 9.13. The van der Waals surface area contributed by atoms with E-state index in [0.29, 0.717) is 75.6 Å². The molecule has 0 aliphatic heterocycles. The Balaban J connectivity index is 0.000000180. The molecule has 4 amide bonds. The zero-order valence-electron chi connectivity index (χ0n) is 37.1. The SMILES string of the molecule is O=C(Cc1ccc(Cl)c(Cl)c1)Nc1cccc2cc(C(=O)Nc3ccc(Cl)cc3-c3noc(=O)[nH]3)[nH]c12.O=C(Cc1cccc(Cl)c1)Nc1cccc2cc(C(=O)Nc3ccc(Cl)cc3-c3noc(=O)[nH]3)[nH]c12. The molecule has 10 rings (SSSR count). The Bertz CT molecular complexity index is 3890. The van der Waals surface area contributed by atoms with Crippen LogP contribution in [0.5, 0.6) is 0 Å². The van der Waals surface area contributed by atoms with E-state index < -0.39 is 23.3 Å². The maximum Gasteiger partial charge on any atom is 0.439 e. The first-order chi connectivity index (χ1) is 35.1. The first kappa shape index (κ1) is 49.6. The minimum absolute atomic E-state index is 0.0881. The minimum Gasteiger partial charge on any atom is -0.349 e. The number of carbonyl (C=O) groups excluding carboxylic acids is 4. The summed E-state index contributed by atoms with van der Waals surface area (Å²) >= 11 is 30.2. The van der Waals surface area contributed by atoms with E-state index >= 15 is 0 Å². The van der Waals surface area contributed by atoms with Crippen molar-refractivity contribution in [2.45, 2.75) is 12.8 Å². The van der Waals surface area contributed by atoms with Crippen molar-refractivity contribution in [3.05, 3.63) is 196 Å². The summed E-state index contributed by atoms with van der Waals surface area (Å²) in [5.74, 6) is -2.63. The summed E-state index contributed by atoms with van der Waals surface area (Å²) in [5.41, 5.74) is 5.68. The lowest BCUT2D eigenvalue weighted by Crippen LogP contribution is -2.15. The molecule has 0 aliphatic rings. The van der Waals surface area contributed by atoms with Gasteiger partial charge in [0.2, 0.25) is 11.8 Å². The lowest BCUT2D eigenvalue weighted by molar-refractivity contribution is -0.116. The second kappa shape index (κ2) is 21.5. The maximum atomic E-state index is 13.1. The van der Waals surface area contributed by atoms with Gasteiger partial charge in [-0.3, -0.25) is 38.2 Å². The number of amides is 4. The molecule has 8 N–H and O–H groups in total. The lowest BCUT2D eigenvalue weighted by Gasteiger charge is -2.09. The van der Waals surface area contributed by atoms with E-state index in [2.05, 4.69) is 60.6 Å². The number of aromatic nitrogens is 6. The molecule has 18 nitrogen and oxygen atoms in total. The Labute approximate surface area is 435 Å². The minimum atomic E-state index is -0.739. The van der Waals surface area contributed by atoms with E-state index in [0.717, 1.165) is 16.3 Å². The van der Waals surface area contributed by atoms with Gasteiger partial charge in [0.25, 0.3) is 11.8 Å². The first-order valence-corrected chi connectivity index (χ1v) is 23.4. The number of benzene rings is 6. The molecule has 4 heterocycles. The van der Waals surface area contributed by atoms with Crippen molar-refractivity contribution in [2.24, 2.45) is 0 Å². The van der Waals surface area contributed by atoms with Crippen molar-refractivity contribution in [2.75, 3.05) is 21.3 Å². The van der Waals surface area contributed by atoms with Gasteiger partial charge in [-0.2, -0.15) is 0 Å². The summed E-state index contributed by atoms with van der Waals surface area (Å²) in [7, 11) is 0. The highest BCUT2D eigenvalue weighted by molar-refractivity contribution is 6.42. The molecule has 0 spiro atoms. The Morgan fingerprint density at radius 3 is 1.37 bits per heavy atom. The molecule has 0 saturated heterocycles. The number of aromatic amines is 4. The number of nitrogens with one attached hydrogen (secondary N) is 8. The van der Waals surface area contributed by atoms with Crippen molar-refractivity contribution < 1.29 is 28.2 Å². The Kier molecular flexibility index (Phi) is 14.6. The summed E-state index contributed by atoms with van der Waals surface area (Å²) in [6.45, 7) is 0. The van der Waals surface area contributed by atoms with Crippen LogP contribution in [0.15, 0.2) is 146 Å². The predicted octanol–water partition coefficient (Wildman–Crippen LogP) is 11.2. The number of para-hydroxylation sites is 2. The molecule has 0 aliphatic carbocycles. The monoisotopic (exact) mass is 1080 g/mol. The molecule has 0 bridgehead atoms. The smallest absolute Gasteiger partial charge is 0.349 e. The number of hydrogen-bond donors (Lipinski definition) is 8. The largest absolute Gasteiger partial charge is 0.439 e. The molecule has 0 atom stereocenters. The molecule has 366 valence electrons. The number of rotatable bonds is 12. The van der Waals surface area contributed by atoms with Gasteiger partial charge in [-0.15, -0.1) is 0 Å². The van der Waals surface area contributed by atoms with Crippen LogP contribution in [-0.4, -0.2) is 53.9 Å². The Morgan fingerprint density at radius 2 is 0.918 bits per heavy atom. The van der Waals surface area contributed by atoms with Crippen LogP contribution in [0.4, 0.5) is 22.7 Å². The summed E-state index contributed by atoms with van der Waals surface area (Å²) in [5, 5.41) is 22.2. The van der Waals surface area contributed by atoms with Gasteiger partial charge in [0.1, 0.15) is 11.4 Å². The van der Waals surface area contributed by atoms with Crippen LogP contribution in [0.25, 0.3) is 44.6 Å². The maximum absolute atomic E-state index is 13.1. The molecule has 10 aromatic rings. The van der Waals surface area contributed by atoms with Gasteiger partial charge in [0.15, 0.2) is 11.6 Å². The van der Waals surface area contributed by atoms with Crippen LogP contribution in [0.3, 0.4) is 0 Å². The third kappa shape index (κ3) is 11.9. The highest BCUT2D eigenvalue weighted by Gasteiger charge is 2.20. The highest BCUT2D eigenvalue weighted by atomic mass is 35.5. The van der Waals surface area contributed by atoms with Crippen LogP contribution in [0.2, 0.25) is 25.1 Å². The van der Waals surface area contributed by atoms with Gasteiger partial charge in [0, 0.05) is 37.0 Å². The van der Waals surface area contributed by atoms with Crippen molar-refractivity contribution in [3.63, 3.8) is 0 Å². The number of H-pyrrole nitrogens is 4. The average molecular weight is 1080 g/mol. The fourth-order valence-corrected chi connectivity index (χ4v) is 8.41. The quantitative estimate of drug-likeness (QED) is 0.0573. The number of anilines is 4. The number of fused-ring (bicyclic) bond motifs is 2. The molecule has 23 heteroatoms. The van der Waals surface area contributed by atoms with E-state index in [1.807, 2.05) is 18.2 Å². The van der Waals surface area contributed by atoms with Gasteiger partial charge in [-0.25, -0.2) is 9.59 Å². The van der Waals surface area contributed by atoms with Crippen molar-refractivity contribution in [1.29, 1.82) is 0 Å². The molecular formula is C50H33Cl5N10O8. The molecule has 6 aromatic carbocycles. The number of carbonyl (C=O) groups is 4. The number of hydrogen-bond acceptors (Lipinski definition) is 10. The predicted molar refractivity (Wildman–Crippen MR) is 280 cm³/mol. The lowest BCUT2D eigenvalue weighted by atomic mass is 10.1. The van der Waals surface area contributed by atoms with Crippen LogP contribution in [-0.2, 0) is 22.4 Å². The Hall–Kier alpha value is -8.39. The van der Waals surface area contributed by atoms with Gasteiger partial charge in [-0.1, -0.05) is 111 Å².